The highest BCUT2D eigenvalue weighted by atomic mass is 16.4. The van der Waals surface area contributed by atoms with E-state index in [2.05, 4.69) is 15.4 Å². The highest BCUT2D eigenvalue weighted by molar-refractivity contribution is 5.86. The Bertz CT molecular complexity index is 700. The van der Waals surface area contributed by atoms with E-state index >= 15 is 0 Å². The van der Waals surface area contributed by atoms with Crippen molar-refractivity contribution in [3.63, 3.8) is 0 Å². The van der Waals surface area contributed by atoms with Gasteiger partial charge in [-0.05, 0) is 24.6 Å². The molecule has 0 bridgehead atoms. The molecule has 3 rings (SSSR count). The van der Waals surface area contributed by atoms with Crippen molar-refractivity contribution in [2.24, 2.45) is 0 Å². The fourth-order valence-electron chi connectivity index (χ4n) is 1.91. The van der Waals surface area contributed by atoms with Gasteiger partial charge in [0.2, 0.25) is 0 Å². The minimum Gasteiger partial charge on any atom is -0.423 e. The number of hydrogen-bond acceptors (Lipinski definition) is 5. The third-order valence-electron chi connectivity index (χ3n) is 2.83. The van der Waals surface area contributed by atoms with Gasteiger partial charge in [-0.15, -0.1) is 0 Å². The van der Waals surface area contributed by atoms with Crippen LogP contribution in [-0.4, -0.2) is 21.3 Å². The maximum Gasteiger partial charge on any atom is 0.295 e. The SMILES string of the molecule is Cc1cnn(CCNc2nc3c(N)cccc3o2)c1. The number of nitrogens with one attached hydrogen (secondary N) is 1. The van der Waals surface area contributed by atoms with Crippen molar-refractivity contribution < 1.29 is 4.42 Å². The number of nitrogens with zero attached hydrogens (tertiary/aromatic N) is 3. The fraction of sp³-hybridized carbons (Fsp3) is 0.231. The zero-order chi connectivity index (χ0) is 13.2. The van der Waals surface area contributed by atoms with Crippen molar-refractivity contribution in [3.05, 3.63) is 36.2 Å². The lowest BCUT2D eigenvalue weighted by Crippen LogP contribution is -2.10. The van der Waals surface area contributed by atoms with Gasteiger partial charge < -0.3 is 15.5 Å². The van der Waals surface area contributed by atoms with Crippen LogP contribution in [0.25, 0.3) is 11.1 Å². The van der Waals surface area contributed by atoms with E-state index in [-0.39, 0.29) is 0 Å². The van der Waals surface area contributed by atoms with E-state index in [4.69, 9.17) is 10.2 Å². The molecule has 19 heavy (non-hydrogen) atoms. The summed E-state index contributed by atoms with van der Waals surface area (Å²) < 4.78 is 7.43. The van der Waals surface area contributed by atoms with E-state index in [0.29, 0.717) is 29.3 Å². The van der Waals surface area contributed by atoms with Gasteiger partial charge in [0.15, 0.2) is 5.58 Å². The van der Waals surface area contributed by atoms with Crippen LogP contribution in [0.1, 0.15) is 5.56 Å². The van der Waals surface area contributed by atoms with Crippen LogP contribution in [-0.2, 0) is 6.54 Å². The van der Waals surface area contributed by atoms with Crippen LogP contribution < -0.4 is 11.1 Å². The largest absolute Gasteiger partial charge is 0.423 e. The highest BCUT2D eigenvalue weighted by Gasteiger charge is 2.07. The van der Waals surface area contributed by atoms with Gasteiger partial charge in [0.1, 0.15) is 5.52 Å². The van der Waals surface area contributed by atoms with E-state index in [9.17, 15) is 0 Å². The van der Waals surface area contributed by atoms with Gasteiger partial charge in [0, 0.05) is 12.7 Å². The number of anilines is 2. The molecule has 3 aromatic rings. The molecule has 0 saturated heterocycles. The molecular weight excluding hydrogens is 242 g/mol. The molecule has 0 aliphatic carbocycles. The third kappa shape index (κ3) is 2.37. The van der Waals surface area contributed by atoms with Crippen LogP contribution in [0.5, 0.6) is 0 Å². The Morgan fingerprint density at radius 1 is 1.42 bits per heavy atom. The first-order chi connectivity index (χ1) is 9.22. The number of rotatable bonds is 4. The molecule has 0 fully saturated rings. The van der Waals surface area contributed by atoms with Crippen molar-refractivity contribution in [3.8, 4) is 0 Å². The third-order valence-corrected chi connectivity index (χ3v) is 2.83. The minimum atomic E-state index is 0.483. The number of aromatic nitrogens is 3. The van der Waals surface area contributed by atoms with Crippen LogP contribution in [0.3, 0.4) is 0 Å². The summed E-state index contributed by atoms with van der Waals surface area (Å²) in [7, 11) is 0. The molecular formula is C13H15N5O. The molecule has 0 radical (unpaired) electrons. The highest BCUT2D eigenvalue weighted by Crippen LogP contribution is 2.23. The van der Waals surface area contributed by atoms with Crippen LogP contribution >= 0.6 is 0 Å². The van der Waals surface area contributed by atoms with Gasteiger partial charge in [0.05, 0.1) is 18.4 Å². The molecule has 6 nitrogen and oxygen atoms in total. The maximum atomic E-state index is 5.83. The van der Waals surface area contributed by atoms with Gasteiger partial charge in [-0.2, -0.15) is 10.1 Å². The molecule has 2 heterocycles. The van der Waals surface area contributed by atoms with Crippen molar-refractivity contribution in [2.45, 2.75) is 13.5 Å². The second-order valence-electron chi connectivity index (χ2n) is 4.42. The molecule has 0 saturated carbocycles. The Balaban J connectivity index is 1.67. The summed E-state index contributed by atoms with van der Waals surface area (Å²) in [5.41, 5.74) is 8.98. The van der Waals surface area contributed by atoms with Gasteiger partial charge in [-0.3, -0.25) is 4.68 Å². The lowest BCUT2D eigenvalue weighted by Gasteiger charge is -2.01. The number of fused-ring (bicyclic) bond motifs is 1. The molecule has 0 atom stereocenters. The second kappa shape index (κ2) is 4.64. The second-order valence-corrected chi connectivity index (χ2v) is 4.42. The Morgan fingerprint density at radius 3 is 3.05 bits per heavy atom. The monoisotopic (exact) mass is 257 g/mol. The fourth-order valence-corrected chi connectivity index (χ4v) is 1.91. The smallest absolute Gasteiger partial charge is 0.295 e. The summed E-state index contributed by atoms with van der Waals surface area (Å²) in [6.07, 6.45) is 3.83. The number of benzene rings is 1. The molecule has 0 spiro atoms. The van der Waals surface area contributed by atoms with E-state index in [1.807, 2.05) is 36.1 Å². The molecule has 3 N–H and O–H groups in total. The first kappa shape index (κ1) is 11.6. The van der Waals surface area contributed by atoms with Gasteiger partial charge >= 0.3 is 0 Å². The van der Waals surface area contributed by atoms with E-state index in [1.165, 1.54) is 0 Å². The van der Waals surface area contributed by atoms with Crippen molar-refractivity contribution >= 4 is 22.8 Å². The zero-order valence-electron chi connectivity index (χ0n) is 10.6. The van der Waals surface area contributed by atoms with Crippen molar-refractivity contribution in [2.75, 3.05) is 17.6 Å². The predicted molar refractivity (Wildman–Crippen MR) is 73.9 cm³/mol. The summed E-state index contributed by atoms with van der Waals surface area (Å²) in [6.45, 7) is 3.45. The Kier molecular flexibility index (Phi) is 2.83. The van der Waals surface area contributed by atoms with Crippen LogP contribution in [0.4, 0.5) is 11.7 Å². The predicted octanol–water partition coefficient (Wildman–Crippen LogP) is 2.03. The first-order valence-electron chi connectivity index (χ1n) is 6.10. The summed E-state index contributed by atoms with van der Waals surface area (Å²) in [6, 6.07) is 5.98. The molecule has 6 heteroatoms. The number of nitrogens with two attached hydrogens (primary N) is 1. The molecule has 98 valence electrons. The standard InChI is InChI=1S/C13H15N5O/c1-9-7-16-18(8-9)6-5-15-13-17-12-10(14)3-2-4-11(12)19-13/h2-4,7-8H,5-6,14H2,1H3,(H,15,17). The molecule has 0 aliphatic heterocycles. The summed E-state index contributed by atoms with van der Waals surface area (Å²) in [4.78, 5) is 4.32. The van der Waals surface area contributed by atoms with Crippen LogP contribution in [0.2, 0.25) is 0 Å². The molecule has 0 unspecified atom stereocenters. The molecule has 0 aliphatic rings. The molecule has 1 aromatic carbocycles. The number of aryl methyl sites for hydroxylation is 1. The van der Waals surface area contributed by atoms with Gasteiger partial charge in [-0.1, -0.05) is 6.07 Å². The lowest BCUT2D eigenvalue weighted by molar-refractivity contribution is 0.592. The maximum absolute atomic E-state index is 5.83. The van der Waals surface area contributed by atoms with Crippen LogP contribution in [0, 0.1) is 6.92 Å². The topological polar surface area (TPSA) is 81.9 Å². The van der Waals surface area contributed by atoms with Crippen molar-refractivity contribution in [1.82, 2.24) is 14.8 Å². The number of oxazole rings is 1. The number of para-hydroxylation sites is 1. The summed E-state index contributed by atoms with van der Waals surface area (Å²) >= 11 is 0. The number of hydrogen-bond donors (Lipinski definition) is 2. The quantitative estimate of drug-likeness (QED) is 0.699. The molecule has 2 aromatic heterocycles. The van der Waals surface area contributed by atoms with Crippen molar-refractivity contribution in [1.29, 1.82) is 0 Å². The van der Waals surface area contributed by atoms with E-state index < -0.39 is 0 Å². The average Bonchev–Trinajstić information content (AvgIpc) is 2.97. The van der Waals surface area contributed by atoms with Gasteiger partial charge in [0.25, 0.3) is 6.01 Å². The Labute approximate surface area is 110 Å². The first-order valence-corrected chi connectivity index (χ1v) is 6.10. The van der Waals surface area contributed by atoms with E-state index in [1.54, 1.807) is 6.07 Å². The van der Waals surface area contributed by atoms with E-state index in [0.717, 1.165) is 12.1 Å². The normalized spacial score (nSPS) is 11.0. The summed E-state index contributed by atoms with van der Waals surface area (Å²) in [5, 5.41) is 7.33. The summed E-state index contributed by atoms with van der Waals surface area (Å²) in [5.74, 6) is 0. The van der Waals surface area contributed by atoms with Gasteiger partial charge in [-0.25, -0.2) is 0 Å². The number of nitrogen functional groups attached to an aromatic ring is 1. The Hall–Kier alpha value is -2.50. The average molecular weight is 257 g/mol. The lowest BCUT2D eigenvalue weighted by atomic mass is 10.3. The van der Waals surface area contributed by atoms with Crippen LogP contribution in [0.15, 0.2) is 35.0 Å². The Morgan fingerprint density at radius 2 is 2.32 bits per heavy atom. The zero-order valence-corrected chi connectivity index (χ0v) is 10.6. The minimum absolute atomic E-state index is 0.483. The molecule has 0 amide bonds.